The highest BCUT2D eigenvalue weighted by molar-refractivity contribution is 5.50. The summed E-state index contributed by atoms with van der Waals surface area (Å²) in [7, 11) is 0. The molecule has 0 bridgehead atoms. The fourth-order valence-electron chi connectivity index (χ4n) is 4.00. The molecule has 144 valence electrons. The first-order valence-electron chi connectivity index (χ1n) is 9.87. The van der Waals surface area contributed by atoms with Gasteiger partial charge in [0.05, 0.1) is 6.61 Å². The zero-order chi connectivity index (χ0) is 19.9. The van der Waals surface area contributed by atoms with Crippen molar-refractivity contribution >= 4 is 0 Å². The predicted molar refractivity (Wildman–Crippen MR) is 117 cm³/mol. The molecule has 0 aliphatic heterocycles. The van der Waals surface area contributed by atoms with E-state index in [1.54, 1.807) is 18.2 Å². The minimum atomic E-state index is -0.333. The maximum Gasteiger partial charge on any atom is 0.122 e. The van der Waals surface area contributed by atoms with Crippen LogP contribution in [-0.4, -0.2) is 11.7 Å². The van der Waals surface area contributed by atoms with E-state index in [0.29, 0.717) is 12.4 Å². The van der Waals surface area contributed by atoms with E-state index in [0.717, 1.165) is 6.42 Å². The Labute approximate surface area is 172 Å². The second-order valence-electron chi connectivity index (χ2n) is 7.10. The molecule has 29 heavy (non-hydrogen) atoms. The lowest BCUT2D eigenvalue weighted by Gasteiger charge is -2.36. The monoisotopic (exact) mass is 380 g/mol. The summed E-state index contributed by atoms with van der Waals surface area (Å²) in [5.74, 6) is 0.885. The molecule has 0 heterocycles. The first-order chi connectivity index (χ1) is 14.3. The molecule has 0 atom stereocenters. The van der Waals surface area contributed by atoms with Gasteiger partial charge in [0.1, 0.15) is 11.5 Å². The Kier molecular flexibility index (Phi) is 5.62. The Morgan fingerprint density at radius 3 is 1.52 bits per heavy atom. The summed E-state index contributed by atoms with van der Waals surface area (Å²) in [6, 6.07) is 38.8. The highest BCUT2D eigenvalue weighted by Gasteiger charge is 2.36. The summed E-state index contributed by atoms with van der Waals surface area (Å²) in [6.07, 6.45) is 0.765. The van der Waals surface area contributed by atoms with Gasteiger partial charge < -0.3 is 9.84 Å². The van der Waals surface area contributed by atoms with Gasteiger partial charge in [0.2, 0.25) is 0 Å². The van der Waals surface area contributed by atoms with Crippen LogP contribution in [0.15, 0.2) is 115 Å². The molecule has 0 aromatic heterocycles. The van der Waals surface area contributed by atoms with Crippen LogP contribution in [-0.2, 0) is 5.41 Å². The van der Waals surface area contributed by atoms with Gasteiger partial charge in [0, 0.05) is 11.5 Å². The molecule has 2 heteroatoms. The molecule has 4 aromatic rings. The van der Waals surface area contributed by atoms with E-state index in [9.17, 15) is 5.11 Å². The number of ether oxygens (including phenoxy) is 1. The summed E-state index contributed by atoms with van der Waals surface area (Å²) in [4.78, 5) is 0. The zero-order valence-electron chi connectivity index (χ0n) is 16.2. The van der Waals surface area contributed by atoms with Crippen LogP contribution in [0, 0.1) is 0 Å². The van der Waals surface area contributed by atoms with E-state index in [1.807, 2.05) is 24.3 Å². The van der Waals surface area contributed by atoms with E-state index in [1.165, 1.54) is 16.7 Å². The van der Waals surface area contributed by atoms with Crippen molar-refractivity contribution in [2.24, 2.45) is 0 Å². The van der Waals surface area contributed by atoms with Gasteiger partial charge in [-0.3, -0.25) is 0 Å². The summed E-state index contributed by atoms with van der Waals surface area (Å²) in [5, 5.41) is 9.73. The van der Waals surface area contributed by atoms with E-state index in [-0.39, 0.29) is 11.2 Å². The van der Waals surface area contributed by atoms with E-state index in [4.69, 9.17) is 4.74 Å². The number of benzene rings is 4. The quantitative estimate of drug-likeness (QED) is 0.387. The third-order valence-corrected chi connectivity index (χ3v) is 5.36. The summed E-state index contributed by atoms with van der Waals surface area (Å²) < 4.78 is 6.05. The highest BCUT2D eigenvalue weighted by Crippen LogP contribution is 2.42. The molecule has 0 fully saturated rings. The van der Waals surface area contributed by atoms with Gasteiger partial charge >= 0.3 is 0 Å². The van der Waals surface area contributed by atoms with Crippen LogP contribution in [0.1, 0.15) is 23.1 Å². The van der Waals surface area contributed by atoms with Crippen molar-refractivity contribution in [2.75, 3.05) is 6.61 Å². The van der Waals surface area contributed by atoms with Crippen LogP contribution in [0.25, 0.3) is 0 Å². The van der Waals surface area contributed by atoms with Gasteiger partial charge in [-0.2, -0.15) is 0 Å². The Bertz CT molecular complexity index is 931. The Morgan fingerprint density at radius 1 is 0.586 bits per heavy atom. The average molecular weight is 380 g/mol. The molecule has 4 aromatic carbocycles. The number of rotatable bonds is 7. The first-order valence-corrected chi connectivity index (χ1v) is 9.87. The fourth-order valence-corrected chi connectivity index (χ4v) is 4.00. The first kappa shape index (κ1) is 18.8. The van der Waals surface area contributed by atoms with Crippen molar-refractivity contribution in [1.29, 1.82) is 0 Å². The highest BCUT2D eigenvalue weighted by atomic mass is 16.5. The lowest BCUT2D eigenvalue weighted by atomic mass is 9.67. The lowest BCUT2D eigenvalue weighted by molar-refractivity contribution is 0.285. The van der Waals surface area contributed by atoms with Crippen LogP contribution < -0.4 is 4.74 Å². The molecule has 1 N–H and O–H groups in total. The van der Waals surface area contributed by atoms with E-state index in [2.05, 4.69) is 72.8 Å². The average Bonchev–Trinajstić information content (AvgIpc) is 2.79. The van der Waals surface area contributed by atoms with Crippen LogP contribution in [0.5, 0.6) is 11.5 Å². The molecule has 0 radical (unpaired) electrons. The topological polar surface area (TPSA) is 29.5 Å². The van der Waals surface area contributed by atoms with Crippen molar-refractivity contribution in [3.63, 3.8) is 0 Å². The minimum absolute atomic E-state index is 0.211. The van der Waals surface area contributed by atoms with Crippen molar-refractivity contribution < 1.29 is 9.84 Å². The molecule has 0 aliphatic carbocycles. The van der Waals surface area contributed by atoms with Gasteiger partial charge in [-0.25, -0.2) is 0 Å². The molecular weight excluding hydrogens is 356 g/mol. The maximum atomic E-state index is 9.73. The van der Waals surface area contributed by atoms with E-state index < -0.39 is 0 Å². The van der Waals surface area contributed by atoms with Gasteiger partial charge in [0.15, 0.2) is 0 Å². The largest absolute Gasteiger partial charge is 0.508 e. The van der Waals surface area contributed by atoms with Crippen LogP contribution in [0.3, 0.4) is 0 Å². The number of phenolic OH excluding ortho intramolecular Hbond substituents is 1. The molecule has 0 amide bonds. The van der Waals surface area contributed by atoms with Gasteiger partial charge in [0.25, 0.3) is 0 Å². The van der Waals surface area contributed by atoms with Gasteiger partial charge in [-0.15, -0.1) is 0 Å². The van der Waals surface area contributed by atoms with Crippen LogP contribution >= 0.6 is 0 Å². The van der Waals surface area contributed by atoms with E-state index >= 15 is 0 Å². The molecular formula is C27H24O2. The second-order valence-corrected chi connectivity index (χ2v) is 7.10. The minimum Gasteiger partial charge on any atom is -0.508 e. The molecule has 4 rings (SSSR count). The van der Waals surface area contributed by atoms with Crippen molar-refractivity contribution in [1.82, 2.24) is 0 Å². The third-order valence-electron chi connectivity index (χ3n) is 5.36. The SMILES string of the molecule is Oc1cccc(OCCC(c2ccccc2)(c2ccccc2)c2ccccc2)c1. The van der Waals surface area contributed by atoms with Gasteiger partial charge in [-0.05, 0) is 35.2 Å². The number of hydrogen-bond donors (Lipinski definition) is 1. The second kappa shape index (κ2) is 8.66. The Hall–Kier alpha value is -3.52. The van der Waals surface area contributed by atoms with Gasteiger partial charge in [-0.1, -0.05) is 97.1 Å². The number of aromatic hydroxyl groups is 1. The molecule has 0 aliphatic rings. The van der Waals surface area contributed by atoms with Crippen LogP contribution in [0.4, 0.5) is 0 Å². The normalized spacial score (nSPS) is 11.2. The molecule has 0 saturated heterocycles. The molecule has 0 spiro atoms. The Morgan fingerprint density at radius 2 is 1.07 bits per heavy atom. The van der Waals surface area contributed by atoms with Crippen molar-refractivity contribution in [3.8, 4) is 11.5 Å². The number of phenols is 1. The van der Waals surface area contributed by atoms with Crippen molar-refractivity contribution in [2.45, 2.75) is 11.8 Å². The fraction of sp³-hybridized carbons (Fsp3) is 0.111. The standard InChI is InChI=1S/C27H24O2/c28-25-17-10-18-26(21-25)29-20-19-27(22-11-4-1-5-12-22,23-13-6-2-7-14-23)24-15-8-3-9-16-24/h1-18,21,28H,19-20H2. The lowest BCUT2D eigenvalue weighted by Crippen LogP contribution is -2.31. The maximum absolute atomic E-state index is 9.73. The summed E-state index contributed by atoms with van der Waals surface area (Å²) in [5.41, 5.74) is 3.37. The van der Waals surface area contributed by atoms with Crippen molar-refractivity contribution in [3.05, 3.63) is 132 Å². The Balaban J connectivity index is 1.77. The summed E-state index contributed by atoms with van der Waals surface area (Å²) >= 11 is 0. The molecule has 0 saturated carbocycles. The predicted octanol–water partition coefficient (Wildman–Crippen LogP) is 6.20. The molecule has 2 nitrogen and oxygen atoms in total. The smallest absolute Gasteiger partial charge is 0.122 e. The summed E-state index contributed by atoms with van der Waals surface area (Å²) in [6.45, 7) is 0.516. The third kappa shape index (κ3) is 4.02. The van der Waals surface area contributed by atoms with Crippen LogP contribution in [0.2, 0.25) is 0 Å². The zero-order valence-corrected chi connectivity index (χ0v) is 16.2. The molecule has 0 unspecified atom stereocenters. The number of hydrogen-bond acceptors (Lipinski definition) is 2.